The van der Waals surface area contributed by atoms with Crippen LogP contribution in [0, 0.1) is 0 Å². The van der Waals surface area contributed by atoms with Crippen molar-refractivity contribution in [1.82, 2.24) is 35.7 Å². The second-order valence-corrected chi connectivity index (χ2v) is 12.7. The molecule has 2 aliphatic rings. The van der Waals surface area contributed by atoms with Crippen LogP contribution in [-0.4, -0.2) is 62.1 Å². The Hall–Kier alpha value is -3.79. The van der Waals surface area contributed by atoms with E-state index >= 15 is 0 Å². The third-order valence-corrected chi connectivity index (χ3v) is 9.56. The van der Waals surface area contributed by atoms with Crippen molar-refractivity contribution in [3.05, 3.63) is 111 Å². The van der Waals surface area contributed by atoms with Gasteiger partial charge in [0.1, 0.15) is 6.04 Å². The van der Waals surface area contributed by atoms with Gasteiger partial charge in [0.15, 0.2) is 5.82 Å². The van der Waals surface area contributed by atoms with Crippen molar-refractivity contribution in [2.75, 3.05) is 13.1 Å². The number of hydrogen-bond acceptors (Lipinski definition) is 6. The first-order chi connectivity index (χ1) is 21.3. The van der Waals surface area contributed by atoms with Gasteiger partial charge in [-0.15, -0.1) is 5.10 Å². The number of nitrogens with one attached hydrogen (secondary N) is 2. The van der Waals surface area contributed by atoms with Crippen molar-refractivity contribution < 1.29 is 9.59 Å². The third kappa shape index (κ3) is 6.65. The molecule has 1 aromatic heterocycles. The Labute approximate surface area is 266 Å². The predicted molar refractivity (Wildman–Crippen MR) is 169 cm³/mol. The van der Waals surface area contributed by atoms with Crippen molar-refractivity contribution >= 4 is 35.0 Å². The maximum Gasteiger partial charge on any atom is 0.245 e. The van der Waals surface area contributed by atoms with E-state index in [0.29, 0.717) is 48.9 Å². The Morgan fingerprint density at radius 1 is 0.977 bits per heavy atom. The molecule has 2 atom stereocenters. The minimum Gasteiger partial charge on any atom is -0.343 e. The third-order valence-electron chi connectivity index (χ3n) is 9.06. The van der Waals surface area contributed by atoms with Gasteiger partial charge in [-0.1, -0.05) is 71.7 Å². The van der Waals surface area contributed by atoms with Crippen molar-refractivity contribution in [1.29, 1.82) is 0 Å². The SMILES string of the molecule is Cn1nnnc1CC1(c2ccc(Cl)cc2)CCN(C(=O)[C@H](Cc2ccc(Cl)cc2)NC(=O)[C@H]2Cc3ccccc3CN2)CC1. The summed E-state index contributed by atoms with van der Waals surface area (Å²) in [7, 11) is 1.84. The summed E-state index contributed by atoms with van der Waals surface area (Å²) in [6.45, 7) is 1.69. The number of aromatic nitrogens is 4. The highest BCUT2D eigenvalue weighted by Crippen LogP contribution is 2.39. The van der Waals surface area contributed by atoms with Gasteiger partial charge >= 0.3 is 0 Å². The van der Waals surface area contributed by atoms with E-state index < -0.39 is 12.1 Å². The van der Waals surface area contributed by atoms with Gasteiger partial charge in [0.05, 0.1) is 6.04 Å². The molecule has 6 rings (SSSR count). The number of halogens is 2. The molecule has 11 heteroatoms. The zero-order chi connectivity index (χ0) is 30.7. The lowest BCUT2D eigenvalue weighted by Gasteiger charge is -2.43. The number of carbonyl (C=O) groups is 2. The molecular weight excluding hydrogens is 597 g/mol. The van der Waals surface area contributed by atoms with Crippen LogP contribution in [-0.2, 0) is 47.9 Å². The Balaban J connectivity index is 1.20. The highest BCUT2D eigenvalue weighted by molar-refractivity contribution is 6.30. The van der Waals surface area contributed by atoms with Gasteiger partial charge in [0, 0.05) is 55.0 Å². The highest BCUT2D eigenvalue weighted by atomic mass is 35.5. The molecule has 4 aromatic rings. The number of aryl methyl sites for hydroxylation is 1. The van der Waals surface area contributed by atoms with E-state index in [1.165, 1.54) is 5.56 Å². The van der Waals surface area contributed by atoms with Gasteiger partial charge in [-0.05, 0) is 76.2 Å². The minimum atomic E-state index is -0.714. The number of carbonyl (C=O) groups excluding carboxylic acids is 2. The summed E-state index contributed by atoms with van der Waals surface area (Å²) in [5.74, 6) is 0.526. The normalized spacial score (nSPS) is 18.3. The number of tetrazole rings is 1. The molecule has 228 valence electrons. The topological polar surface area (TPSA) is 105 Å². The average Bonchev–Trinajstić information content (AvgIpc) is 3.45. The fourth-order valence-corrected chi connectivity index (χ4v) is 6.67. The monoisotopic (exact) mass is 631 g/mol. The van der Waals surface area contributed by atoms with E-state index in [-0.39, 0.29) is 17.2 Å². The maximum absolute atomic E-state index is 14.2. The van der Waals surface area contributed by atoms with Gasteiger partial charge < -0.3 is 15.5 Å². The highest BCUT2D eigenvalue weighted by Gasteiger charge is 2.40. The summed E-state index contributed by atoms with van der Waals surface area (Å²) in [6, 6.07) is 22.4. The second kappa shape index (κ2) is 13.1. The minimum absolute atomic E-state index is 0.0884. The average molecular weight is 633 g/mol. The molecule has 3 aromatic carbocycles. The predicted octanol–water partition coefficient (Wildman–Crippen LogP) is 4.06. The molecule has 0 radical (unpaired) electrons. The van der Waals surface area contributed by atoms with Crippen LogP contribution in [0.5, 0.6) is 0 Å². The fourth-order valence-electron chi connectivity index (χ4n) is 6.42. The van der Waals surface area contributed by atoms with Crippen molar-refractivity contribution in [2.24, 2.45) is 7.05 Å². The molecule has 0 saturated carbocycles. The fraction of sp³-hybridized carbons (Fsp3) is 0.364. The van der Waals surface area contributed by atoms with Crippen molar-refractivity contribution in [3.63, 3.8) is 0 Å². The Morgan fingerprint density at radius 2 is 1.64 bits per heavy atom. The zero-order valence-corrected chi connectivity index (χ0v) is 26.1. The number of benzene rings is 3. The van der Waals surface area contributed by atoms with Crippen molar-refractivity contribution in [3.8, 4) is 0 Å². The number of hydrogen-bond donors (Lipinski definition) is 2. The van der Waals surface area contributed by atoms with E-state index in [2.05, 4.69) is 50.4 Å². The maximum atomic E-state index is 14.2. The molecule has 0 spiro atoms. The first-order valence-electron chi connectivity index (χ1n) is 14.9. The molecule has 9 nitrogen and oxygen atoms in total. The molecule has 3 heterocycles. The van der Waals surface area contributed by atoms with E-state index in [0.717, 1.165) is 35.4 Å². The van der Waals surface area contributed by atoms with Gasteiger partial charge in [0.2, 0.25) is 11.8 Å². The first-order valence-corrected chi connectivity index (χ1v) is 15.7. The van der Waals surface area contributed by atoms with Crippen LogP contribution in [0.2, 0.25) is 10.0 Å². The molecule has 2 aliphatic heterocycles. The van der Waals surface area contributed by atoms with Crippen molar-refractivity contribution in [2.45, 2.75) is 56.1 Å². The quantitative estimate of drug-likeness (QED) is 0.304. The molecular formula is C33H35Cl2N7O2. The van der Waals surface area contributed by atoms with Crippen LogP contribution in [0.4, 0.5) is 0 Å². The summed E-state index contributed by atoms with van der Waals surface area (Å²) in [5, 5.41) is 19.9. The second-order valence-electron chi connectivity index (χ2n) is 11.8. The molecule has 0 aliphatic carbocycles. The Bertz CT molecular complexity index is 1620. The van der Waals surface area contributed by atoms with Crippen LogP contribution >= 0.6 is 23.2 Å². The molecule has 0 bridgehead atoms. The Kier molecular flexibility index (Phi) is 8.98. The number of likely N-dealkylation sites (tertiary alicyclic amines) is 1. The summed E-state index contributed by atoms with van der Waals surface area (Å²) < 4.78 is 1.70. The Morgan fingerprint density at radius 3 is 2.30 bits per heavy atom. The smallest absolute Gasteiger partial charge is 0.245 e. The standard InChI is InChI=1S/C33H35Cl2N7O2/c1-41-30(38-39-40-41)20-33(25-8-12-27(35)13-9-25)14-16-42(17-15-33)32(44)29(18-22-6-10-26(34)11-7-22)37-31(43)28-19-23-4-2-3-5-24(23)21-36-28/h2-13,28-29,36H,14-21H2,1H3,(H,37,43)/t28-,29+/m1/s1. The van der Waals surface area contributed by atoms with E-state index in [4.69, 9.17) is 23.2 Å². The number of nitrogens with zero attached hydrogens (tertiary/aromatic N) is 5. The molecule has 0 unspecified atom stereocenters. The lowest BCUT2D eigenvalue weighted by Crippen LogP contribution is -2.57. The van der Waals surface area contributed by atoms with Gasteiger partial charge in [-0.25, -0.2) is 4.68 Å². The summed E-state index contributed by atoms with van der Waals surface area (Å²) >= 11 is 12.4. The number of rotatable bonds is 8. The van der Waals surface area contributed by atoms with Crippen LogP contribution in [0.15, 0.2) is 72.8 Å². The summed E-state index contributed by atoms with van der Waals surface area (Å²) in [4.78, 5) is 29.6. The number of amides is 2. The largest absolute Gasteiger partial charge is 0.343 e. The molecule has 44 heavy (non-hydrogen) atoms. The van der Waals surface area contributed by atoms with Crippen LogP contribution in [0.1, 0.15) is 40.9 Å². The van der Waals surface area contributed by atoms with Crippen LogP contribution in [0.3, 0.4) is 0 Å². The molecule has 1 saturated heterocycles. The zero-order valence-electron chi connectivity index (χ0n) is 24.5. The molecule has 2 amide bonds. The van der Waals surface area contributed by atoms with E-state index in [1.807, 2.05) is 60.5 Å². The van der Waals surface area contributed by atoms with E-state index in [1.54, 1.807) is 4.68 Å². The number of fused-ring (bicyclic) bond motifs is 1. The van der Waals surface area contributed by atoms with Gasteiger partial charge in [-0.2, -0.15) is 0 Å². The van der Waals surface area contributed by atoms with Crippen LogP contribution in [0.25, 0.3) is 0 Å². The molecule has 1 fully saturated rings. The summed E-state index contributed by atoms with van der Waals surface area (Å²) in [6.07, 6.45) is 3.02. The summed E-state index contributed by atoms with van der Waals surface area (Å²) in [5.41, 5.74) is 4.15. The first kappa shape index (κ1) is 30.2. The molecule has 2 N–H and O–H groups in total. The number of piperidine rings is 1. The van der Waals surface area contributed by atoms with E-state index in [9.17, 15) is 9.59 Å². The lowest BCUT2D eigenvalue weighted by molar-refractivity contribution is -0.138. The van der Waals surface area contributed by atoms with Gasteiger partial charge in [-0.3, -0.25) is 9.59 Å². The van der Waals surface area contributed by atoms with Gasteiger partial charge in [0.25, 0.3) is 0 Å². The lowest BCUT2D eigenvalue weighted by atomic mass is 9.70. The van der Waals surface area contributed by atoms with Crippen LogP contribution < -0.4 is 10.6 Å².